The molecule has 4 aromatic rings. The first kappa shape index (κ1) is 27.6. The third-order valence-electron chi connectivity index (χ3n) is 7.87. The van der Waals surface area contributed by atoms with E-state index in [9.17, 15) is 22.8 Å². The van der Waals surface area contributed by atoms with E-state index in [0.717, 1.165) is 11.1 Å². The van der Waals surface area contributed by atoms with Crippen LogP contribution in [-0.2, 0) is 24.4 Å². The van der Waals surface area contributed by atoms with Crippen molar-refractivity contribution in [2.24, 2.45) is 7.05 Å². The minimum atomic E-state index is -4.79. The number of hydrogen-bond donors (Lipinski definition) is 1. The highest BCUT2D eigenvalue weighted by molar-refractivity contribution is 5.77. The molecule has 0 saturated carbocycles. The number of aryl methyl sites for hydroxylation is 1. The average Bonchev–Trinajstić information content (AvgIpc) is 3.54. The largest absolute Gasteiger partial charge is 0.492 e. The van der Waals surface area contributed by atoms with Crippen LogP contribution in [0, 0.1) is 5.82 Å². The van der Waals surface area contributed by atoms with Gasteiger partial charge in [-0.2, -0.15) is 13.2 Å². The molecule has 42 heavy (non-hydrogen) atoms. The zero-order chi connectivity index (χ0) is 29.8. The number of pyridine rings is 1. The van der Waals surface area contributed by atoms with Gasteiger partial charge < -0.3 is 19.1 Å². The van der Waals surface area contributed by atoms with Crippen molar-refractivity contribution in [3.63, 3.8) is 0 Å². The molecule has 1 unspecified atom stereocenters. The Kier molecular flexibility index (Phi) is 6.79. The normalized spacial score (nSPS) is 17.5. The molecular formula is C32H25F4NO5. The van der Waals surface area contributed by atoms with Crippen LogP contribution in [0.1, 0.15) is 47.1 Å². The van der Waals surface area contributed by atoms with Gasteiger partial charge in [-0.15, -0.1) is 0 Å². The van der Waals surface area contributed by atoms with E-state index in [1.807, 2.05) is 0 Å². The van der Waals surface area contributed by atoms with Crippen molar-refractivity contribution in [2.45, 2.75) is 37.5 Å². The number of alkyl halides is 3. The number of hydrogen-bond acceptors (Lipinski definition) is 4. The Morgan fingerprint density at radius 3 is 2.45 bits per heavy atom. The molecule has 1 aliphatic heterocycles. The van der Waals surface area contributed by atoms with Crippen LogP contribution in [0.15, 0.2) is 71.7 Å². The molecule has 2 heterocycles. The van der Waals surface area contributed by atoms with E-state index in [2.05, 4.69) is 0 Å². The Bertz CT molecular complexity index is 1760. The standard InChI is InChI=1S/C32H25F4NO5/c1-37-15-19(6-11-28(37)38)17-2-4-18(5-3-17)30-23-9-10-26(31(23)25(33)14-24(30)32(34,35)36)42-21-7-8-22-20(12-29(39)40)16-41-27(22)13-21/h2-8,11,13-15,20,26H,9-10,12,16H2,1H3,(H,39,40)/t20?,26-/m1/s1. The molecule has 0 fully saturated rings. The number of nitrogens with zero attached hydrogens (tertiary/aromatic N) is 1. The van der Waals surface area contributed by atoms with Gasteiger partial charge >= 0.3 is 12.1 Å². The summed E-state index contributed by atoms with van der Waals surface area (Å²) in [4.78, 5) is 22.9. The highest BCUT2D eigenvalue weighted by Gasteiger charge is 2.40. The molecule has 216 valence electrons. The summed E-state index contributed by atoms with van der Waals surface area (Å²) in [5, 5.41) is 9.12. The van der Waals surface area contributed by atoms with Crippen molar-refractivity contribution < 1.29 is 36.9 Å². The molecule has 0 saturated heterocycles. The summed E-state index contributed by atoms with van der Waals surface area (Å²) in [6.07, 6.45) is -3.58. The lowest BCUT2D eigenvalue weighted by molar-refractivity contribution is -0.138. The summed E-state index contributed by atoms with van der Waals surface area (Å²) >= 11 is 0. The fraction of sp³-hybridized carbons (Fsp3) is 0.250. The topological polar surface area (TPSA) is 77.8 Å². The van der Waals surface area contributed by atoms with E-state index in [4.69, 9.17) is 14.6 Å². The van der Waals surface area contributed by atoms with Gasteiger partial charge in [0.25, 0.3) is 0 Å². The van der Waals surface area contributed by atoms with E-state index < -0.39 is 29.6 Å². The maximum atomic E-state index is 15.4. The maximum absolute atomic E-state index is 15.4. The molecule has 10 heteroatoms. The molecule has 6 nitrogen and oxygen atoms in total. The number of halogens is 4. The van der Waals surface area contributed by atoms with Crippen molar-refractivity contribution >= 4 is 5.97 Å². The van der Waals surface area contributed by atoms with E-state index in [1.54, 1.807) is 61.8 Å². The number of rotatable bonds is 6. The molecule has 0 radical (unpaired) electrons. The number of ether oxygens (including phenoxy) is 2. The summed E-state index contributed by atoms with van der Waals surface area (Å²) in [5.41, 5.74) is 1.50. The van der Waals surface area contributed by atoms with Gasteiger partial charge in [0, 0.05) is 42.4 Å². The summed E-state index contributed by atoms with van der Waals surface area (Å²) < 4.78 is 71.2. The number of carbonyl (C=O) groups is 1. The third kappa shape index (κ3) is 5.01. The van der Waals surface area contributed by atoms with Gasteiger partial charge in [-0.05, 0) is 58.9 Å². The first-order chi connectivity index (χ1) is 20.0. The minimum Gasteiger partial charge on any atom is -0.492 e. The van der Waals surface area contributed by atoms with Crippen LogP contribution < -0.4 is 15.0 Å². The Balaban J connectivity index is 1.35. The predicted molar refractivity (Wildman–Crippen MR) is 146 cm³/mol. The third-order valence-corrected chi connectivity index (χ3v) is 7.87. The van der Waals surface area contributed by atoms with E-state index in [1.165, 1.54) is 10.6 Å². The number of aromatic nitrogens is 1. The van der Waals surface area contributed by atoms with Crippen LogP contribution in [0.5, 0.6) is 11.5 Å². The molecule has 0 amide bonds. The van der Waals surface area contributed by atoms with Crippen LogP contribution in [0.4, 0.5) is 17.6 Å². The monoisotopic (exact) mass is 579 g/mol. The highest BCUT2D eigenvalue weighted by Crippen LogP contribution is 2.48. The number of carboxylic acids is 1. The first-order valence-corrected chi connectivity index (χ1v) is 13.3. The lowest BCUT2D eigenvalue weighted by atomic mass is 9.90. The SMILES string of the molecule is Cn1cc(-c2ccc(-c3c(C(F)(F)F)cc(F)c4c3CC[C@H]4Oc3ccc4c(c3)OCC4CC(=O)O)cc2)ccc1=O. The Morgan fingerprint density at radius 2 is 1.76 bits per heavy atom. The zero-order valence-corrected chi connectivity index (χ0v) is 22.4. The molecule has 2 atom stereocenters. The minimum absolute atomic E-state index is 0.0780. The van der Waals surface area contributed by atoms with Gasteiger partial charge in [-0.1, -0.05) is 30.3 Å². The number of fused-ring (bicyclic) bond motifs is 2. The smallest absolute Gasteiger partial charge is 0.417 e. The quantitative estimate of drug-likeness (QED) is 0.252. The summed E-state index contributed by atoms with van der Waals surface area (Å²) in [7, 11) is 1.61. The van der Waals surface area contributed by atoms with Gasteiger partial charge in [0.2, 0.25) is 5.56 Å². The first-order valence-electron chi connectivity index (χ1n) is 13.3. The second-order valence-corrected chi connectivity index (χ2v) is 10.6. The van der Waals surface area contributed by atoms with Crippen LogP contribution in [-0.4, -0.2) is 22.2 Å². The predicted octanol–water partition coefficient (Wildman–Crippen LogP) is 6.89. The fourth-order valence-corrected chi connectivity index (χ4v) is 5.89. The highest BCUT2D eigenvalue weighted by atomic mass is 19.4. The number of aliphatic carboxylic acids is 1. The fourth-order valence-electron chi connectivity index (χ4n) is 5.89. The van der Waals surface area contributed by atoms with Gasteiger partial charge in [0.1, 0.15) is 23.4 Å². The molecule has 1 aliphatic carbocycles. The molecule has 6 rings (SSSR count). The number of benzene rings is 3. The molecule has 0 spiro atoms. The summed E-state index contributed by atoms with van der Waals surface area (Å²) in [6.45, 7) is 0.219. The van der Waals surface area contributed by atoms with Crippen LogP contribution >= 0.6 is 0 Å². The maximum Gasteiger partial charge on any atom is 0.417 e. The van der Waals surface area contributed by atoms with Gasteiger partial charge in [0.15, 0.2) is 0 Å². The molecule has 1 aromatic heterocycles. The Morgan fingerprint density at radius 1 is 1.05 bits per heavy atom. The van der Waals surface area contributed by atoms with E-state index in [-0.39, 0.29) is 54.0 Å². The van der Waals surface area contributed by atoms with Crippen LogP contribution in [0.2, 0.25) is 0 Å². The molecule has 0 bridgehead atoms. The number of carboxylic acid groups (broad SMARTS) is 1. The Hall–Kier alpha value is -4.60. The second-order valence-electron chi connectivity index (χ2n) is 10.6. The van der Waals surface area contributed by atoms with Crippen molar-refractivity contribution in [1.82, 2.24) is 4.57 Å². The second kappa shape index (κ2) is 10.3. The zero-order valence-electron chi connectivity index (χ0n) is 22.4. The van der Waals surface area contributed by atoms with E-state index in [0.29, 0.717) is 28.7 Å². The van der Waals surface area contributed by atoms with Gasteiger partial charge in [-0.25, -0.2) is 4.39 Å². The van der Waals surface area contributed by atoms with Crippen molar-refractivity contribution in [3.05, 3.63) is 105 Å². The molecule has 3 aromatic carbocycles. The summed E-state index contributed by atoms with van der Waals surface area (Å²) in [5.74, 6) is -1.39. The van der Waals surface area contributed by atoms with Gasteiger partial charge in [0.05, 0.1) is 18.6 Å². The molecule has 2 aliphatic rings. The van der Waals surface area contributed by atoms with Crippen LogP contribution in [0.25, 0.3) is 22.3 Å². The molecule has 1 N–H and O–H groups in total. The van der Waals surface area contributed by atoms with Crippen molar-refractivity contribution in [2.75, 3.05) is 6.61 Å². The summed E-state index contributed by atoms with van der Waals surface area (Å²) in [6, 6.07) is 15.1. The van der Waals surface area contributed by atoms with E-state index >= 15 is 4.39 Å². The van der Waals surface area contributed by atoms with Crippen LogP contribution in [0.3, 0.4) is 0 Å². The van der Waals surface area contributed by atoms with Crippen molar-refractivity contribution in [1.29, 1.82) is 0 Å². The van der Waals surface area contributed by atoms with Gasteiger partial charge in [-0.3, -0.25) is 9.59 Å². The molecular weight excluding hydrogens is 554 g/mol. The van der Waals surface area contributed by atoms with Crippen molar-refractivity contribution in [3.8, 4) is 33.8 Å². The lowest BCUT2D eigenvalue weighted by Gasteiger charge is -2.21. The average molecular weight is 580 g/mol. The lowest BCUT2D eigenvalue weighted by Crippen LogP contribution is -2.14. The Labute approximate surface area is 237 Å².